The van der Waals surface area contributed by atoms with Crippen LogP contribution in [0, 0.1) is 13.8 Å². The first-order valence-corrected chi connectivity index (χ1v) is 6.39. The van der Waals surface area contributed by atoms with Crippen molar-refractivity contribution >= 4 is 17.5 Å². The minimum absolute atomic E-state index is 0.468. The van der Waals surface area contributed by atoms with Gasteiger partial charge in [0.05, 0.1) is 5.69 Å². The summed E-state index contributed by atoms with van der Waals surface area (Å²) >= 11 is 6.07. The van der Waals surface area contributed by atoms with Crippen LogP contribution in [0.4, 0.5) is 5.95 Å². The second-order valence-corrected chi connectivity index (χ2v) is 5.05. The molecule has 2 rings (SSSR count). The van der Waals surface area contributed by atoms with Gasteiger partial charge in [-0.1, -0.05) is 35.4 Å². The minimum Gasteiger partial charge on any atom is -0.369 e. The lowest BCUT2D eigenvalue weighted by molar-refractivity contribution is 0.805. The molecule has 2 aromatic rings. The van der Waals surface area contributed by atoms with Crippen molar-refractivity contribution in [1.82, 2.24) is 9.55 Å². The number of nitrogens with zero attached hydrogens (tertiary/aromatic N) is 2. The molecule has 0 spiro atoms. The summed E-state index contributed by atoms with van der Waals surface area (Å²) in [7, 11) is 1.89. The van der Waals surface area contributed by atoms with Gasteiger partial charge < -0.3 is 10.3 Å². The van der Waals surface area contributed by atoms with Gasteiger partial charge in [0.2, 0.25) is 5.95 Å². The number of halogens is 1. The number of rotatable bonds is 3. The van der Waals surface area contributed by atoms with Gasteiger partial charge in [-0.2, -0.15) is 0 Å². The number of anilines is 1. The average molecular weight is 264 g/mol. The van der Waals surface area contributed by atoms with Gasteiger partial charge in [-0.3, -0.25) is 0 Å². The van der Waals surface area contributed by atoms with Crippen LogP contribution in [0.3, 0.4) is 0 Å². The summed E-state index contributed by atoms with van der Waals surface area (Å²) in [5.41, 5.74) is 10.7. The van der Waals surface area contributed by atoms with E-state index in [2.05, 4.69) is 37.0 Å². The van der Waals surface area contributed by atoms with E-state index in [1.54, 1.807) is 0 Å². The number of imidazole rings is 1. The van der Waals surface area contributed by atoms with E-state index >= 15 is 0 Å². The second-order valence-electron chi connectivity index (χ2n) is 4.70. The summed E-state index contributed by atoms with van der Waals surface area (Å²) < 4.78 is 1.85. The van der Waals surface area contributed by atoms with Crippen LogP contribution >= 0.6 is 11.6 Å². The number of aryl methyl sites for hydroxylation is 3. The van der Waals surface area contributed by atoms with Crippen molar-refractivity contribution < 1.29 is 0 Å². The highest BCUT2D eigenvalue weighted by molar-refractivity contribution is 6.30. The van der Waals surface area contributed by atoms with Crippen LogP contribution in [0.2, 0.25) is 5.15 Å². The topological polar surface area (TPSA) is 43.8 Å². The van der Waals surface area contributed by atoms with Crippen molar-refractivity contribution in [1.29, 1.82) is 0 Å². The Balaban J connectivity index is 2.16. The molecule has 0 aliphatic carbocycles. The van der Waals surface area contributed by atoms with Crippen LogP contribution in [0.1, 0.15) is 22.4 Å². The summed E-state index contributed by atoms with van der Waals surface area (Å²) in [5, 5.41) is 0.514. The normalized spacial score (nSPS) is 10.9. The summed E-state index contributed by atoms with van der Waals surface area (Å²) in [6.07, 6.45) is 1.80. The predicted molar refractivity (Wildman–Crippen MR) is 76.0 cm³/mol. The quantitative estimate of drug-likeness (QED) is 0.925. The van der Waals surface area contributed by atoms with Crippen molar-refractivity contribution in [3.05, 3.63) is 45.7 Å². The maximum absolute atomic E-state index is 6.07. The van der Waals surface area contributed by atoms with Crippen LogP contribution in [0.5, 0.6) is 0 Å². The minimum atomic E-state index is 0.468. The highest BCUT2D eigenvalue weighted by Gasteiger charge is 2.11. The lowest BCUT2D eigenvalue weighted by atomic mass is 10.0. The smallest absolute Gasteiger partial charge is 0.201 e. The summed E-state index contributed by atoms with van der Waals surface area (Å²) in [6, 6.07) is 6.52. The molecule has 18 heavy (non-hydrogen) atoms. The molecule has 1 aromatic heterocycles. The highest BCUT2D eigenvalue weighted by atomic mass is 35.5. The lowest BCUT2D eigenvalue weighted by Gasteiger charge is -2.08. The molecule has 0 fully saturated rings. The molecular weight excluding hydrogens is 246 g/mol. The monoisotopic (exact) mass is 263 g/mol. The van der Waals surface area contributed by atoms with Crippen LogP contribution in [-0.2, 0) is 19.9 Å². The second kappa shape index (κ2) is 5.02. The molecule has 4 heteroatoms. The third kappa shape index (κ3) is 2.51. The van der Waals surface area contributed by atoms with Crippen molar-refractivity contribution in [3.63, 3.8) is 0 Å². The number of hydrogen-bond donors (Lipinski definition) is 1. The molecule has 0 amide bonds. The number of nitrogens with two attached hydrogens (primary N) is 1. The van der Waals surface area contributed by atoms with E-state index in [-0.39, 0.29) is 0 Å². The Morgan fingerprint density at radius 2 is 2.00 bits per heavy atom. The molecule has 0 radical (unpaired) electrons. The fraction of sp³-hybridized carbons (Fsp3) is 0.357. The fourth-order valence-corrected chi connectivity index (χ4v) is 2.47. The Kier molecular flexibility index (Phi) is 3.62. The van der Waals surface area contributed by atoms with Gasteiger partial charge in [0.15, 0.2) is 5.15 Å². The molecule has 0 aliphatic heterocycles. The Morgan fingerprint density at radius 1 is 1.28 bits per heavy atom. The van der Waals surface area contributed by atoms with E-state index in [4.69, 9.17) is 17.3 Å². The van der Waals surface area contributed by atoms with Gasteiger partial charge in [-0.05, 0) is 37.8 Å². The summed E-state index contributed by atoms with van der Waals surface area (Å²) in [5.74, 6) is 0.468. The molecule has 96 valence electrons. The molecule has 0 unspecified atom stereocenters. The van der Waals surface area contributed by atoms with Gasteiger partial charge in [0.1, 0.15) is 0 Å². The summed E-state index contributed by atoms with van der Waals surface area (Å²) in [4.78, 5) is 4.07. The van der Waals surface area contributed by atoms with Crippen molar-refractivity contribution in [2.24, 2.45) is 7.05 Å². The lowest BCUT2D eigenvalue weighted by Crippen LogP contribution is -2.03. The van der Waals surface area contributed by atoms with E-state index in [1.807, 2.05) is 11.6 Å². The largest absolute Gasteiger partial charge is 0.369 e. The molecule has 1 aromatic carbocycles. The van der Waals surface area contributed by atoms with Gasteiger partial charge in [-0.15, -0.1) is 0 Å². The van der Waals surface area contributed by atoms with E-state index < -0.39 is 0 Å². The van der Waals surface area contributed by atoms with Crippen LogP contribution in [-0.4, -0.2) is 9.55 Å². The molecule has 0 aliphatic rings. The Morgan fingerprint density at radius 3 is 2.56 bits per heavy atom. The van der Waals surface area contributed by atoms with Crippen molar-refractivity contribution in [2.75, 3.05) is 5.73 Å². The first-order chi connectivity index (χ1) is 8.49. The number of hydrogen-bond acceptors (Lipinski definition) is 2. The van der Waals surface area contributed by atoms with Crippen LogP contribution in [0.25, 0.3) is 0 Å². The zero-order valence-electron chi connectivity index (χ0n) is 11.0. The first kappa shape index (κ1) is 13.0. The molecule has 0 atom stereocenters. The zero-order chi connectivity index (χ0) is 13.3. The van der Waals surface area contributed by atoms with Gasteiger partial charge in [0, 0.05) is 7.05 Å². The Labute approximate surface area is 113 Å². The maximum Gasteiger partial charge on any atom is 0.201 e. The van der Waals surface area contributed by atoms with E-state index in [0.717, 1.165) is 18.5 Å². The Bertz CT molecular complexity index is 573. The van der Waals surface area contributed by atoms with Crippen molar-refractivity contribution in [2.45, 2.75) is 26.7 Å². The average Bonchev–Trinajstić information content (AvgIpc) is 2.53. The standard InChI is InChI=1S/C14H18ClN3/c1-9-4-5-11(10(2)8-9)6-7-12-13(15)17-14(16)18(12)3/h4-5,8H,6-7H2,1-3H3,(H2,16,17). The van der Waals surface area contributed by atoms with Gasteiger partial charge in [-0.25, -0.2) is 4.98 Å². The third-order valence-corrected chi connectivity index (χ3v) is 3.63. The molecular formula is C14H18ClN3. The number of benzene rings is 1. The maximum atomic E-state index is 6.07. The zero-order valence-corrected chi connectivity index (χ0v) is 11.8. The predicted octanol–water partition coefficient (Wildman–Crippen LogP) is 3.06. The van der Waals surface area contributed by atoms with Gasteiger partial charge >= 0.3 is 0 Å². The SMILES string of the molecule is Cc1ccc(CCc2c(Cl)nc(N)n2C)c(C)c1. The molecule has 2 N–H and O–H groups in total. The van der Waals surface area contributed by atoms with Crippen LogP contribution < -0.4 is 5.73 Å². The first-order valence-electron chi connectivity index (χ1n) is 6.01. The Hall–Kier alpha value is -1.48. The third-order valence-electron chi connectivity index (χ3n) is 3.33. The van der Waals surface area contributed by atoms with Gasteiger partial charge in [0.25, 0.3) is 0 Å². The highest BCUT2D eigenvalue weighted by Crippen LogP contribution is 2.20. The van der Waals surface area contributed by atoms with Crippen LogP contribution in [0.15, 0.2) is 18.2 Å². The van der Waals surface area contributed by atoms with E-state index in [0.29, 0.717) is 11.1 Å². The molecule has 0 saturated carbocycles. The molecule has 0 saturated heterocycles. The summed E-state index contributed by atoms with van der Waals surface area (Å²) in [6.45, 7) is 4.25. The van der Waals surface area contributed by atoms with E-state index in [9.17, 15) is 0 Å². The fourth-order valence-electron chi connectivity index (χ4n) is 2.17. The molecule has 0 bridgehead atoms. The number of nitrogen functional groups attached to an aromatic ring is 1. The molecule has 1 heterocycles. The van der Waals surface area contributed by atoms with Crippen molar-refractivity contribution in [3.8, 4) is 0 Å². The molecule has 3 nitrogen and oxygen atoms in total. The van der Waals surface area contributed by atoms with E-state index in [1.165, 1.54) is 16.7 Å². The number of aromatic nitrogens is 2.